The molecule has 0 aromatic carbocycles. The van der Waals surface area contributed by atoms with Gasteiger partial charge in [-0.05, 0) is 12.8 Å². The van der Waals surface area contributed by atoms with Gasteiger partial charge in [0.25, 0.3) is 20.2 Å². The summed E-state index contributed by atoms with van der Waals surface area (Å²) in [5, 5.41) is -0.515. The second-order valence-electron chi connectivity index (χ2n) is 4.37. The summed E-state index contributed by atoms with van der Waals surface area (Å²) in [5.74, 6) is -0.919. The highest BCUT2D eigenvalue weighted by Gasteiger charge is 2.34. The van der Waals surface area contributed by atoms with E-state index in [4.69, 9.17) is 10.3 Å². The molecule has 0 aromatic rings. The van der Waals surface area contributed by atoms with Crippen LogP contribution in [0.25, 0.3) is 0 Å². The molecule has 11 heteroatoms. The predicted octanol–water partition coefficient (Wildman–Crippen LogP) is -1.10. The van der Waals surface area contributed by atoms with Crippen LogP contribution in [-0.4, -0.2) is 63.3 Å². The summed E-state index contributed by atoms with van der Waals surface area (Å²) in [5.41, 5.74) is 5.43. The first-order chi connectivity index (χ1) is 8.64. The smallest absolute Gasteiger partial charge is 0.284 e. The van der Waals surface area contributed by atoms with Gasteiger partial charge in [0, 0.05) is 19.1 Å². The summed E-state index contributed by atoms with van der Waals surface area (Å²) in [7, 11) is -8.74. The standard InChI is InChI=1S/C8H17FN2O6S2/c9-3-1-2-8(19(14,15)16)6-18(12,13)17-11-4-7(10)5-11/h7-8H,1-6,10H2,(H,14,15,16). The molecule has 114 valence electrons. The van der Waals surface area contributed by atoms with Gasteiger partial charge in [0.1, 0.15) is 5.25 Å². The molecule has 1 atom stereocenters. The summed E-state index contributed by atoms with van der Waals surface area (Å²) in [6.45, 7) is -0.353. The van der Waals surface area contributed by atoms with Crippen LogP contribution in [0.4, 0.5) is 4.39 Å². The van der Waals surface area contributed by atoms with Crippen molar-refractivity contribution in [1.29, 1.82) is 0 Å². The van der Waals surface area contributed by atoms with Gasteiger partial charge in [0.15, 0.2) is 0 Å². The monoisotopic (exact) mass is 320 g/mol. The molecule has 19 heavy (non-hydrogen) atoms. The van der Waals surface area contributed by atoms with Crippen molar-refractivity contribution in [1.82, 2.24) is 5.06 Å². The van der Waals surface area contributed by atoms with E-state index in [2.05, 4.69) is 4.28 Å². The molecule has 1 aliphatic rings. The second kappa shape index (κ2) is 6.41. The molecule has 0 spiro atoms. The topological polar surface area (TPSA) is 127 Å². The van der Waals surface area contributed by atoms with E-state index >= 15 is 0 Å². The zero-order valence-corrected chi connectivity index (χ0v) is 11.7. The molecule has 1 rings (SSSR count). The summed E-state index contributed by atoms with van der Waals surface area (Å²) in [6, 6.07) is -0.181. The number of hydroxylamine groups is 2. The number of nitrogens with zero attached hydrogens (tertiary/aromatic N) is 1. The molecule has 1 saturated heterocycles. The van der Waals surface area contributed by atoms with Crippen molar-refractivity contribution in [2.45, 2.75) is 24.1 Å². The van der Waals surface area contributed by atoms with E-state index in [-0.39, 0.29) is 32.0 Å². The minimum absolute atomic E-state index is 0.158. The van der Waals surface area contributed by atoms with Crippen molar-refractivity contribution in [3.8, 4) is 0 Å². The molecule has 0 saturated carbocycles. The molecule has 3 N–H and O–H groups in total. The quantitative estimate of drug-likeness (QED) is 0.539. The van der Waals surface area contributed by atoms with Gasteiger partial charge in [0.05, 0.1) is 12.4 Å². The summed E-state index contributed by atoms with van der Waals surface area (Å²) >= 11 is 0. The fraction of sp³-hybridized carbons (Fsp3) is 1.00. The van der Waals surface area contributed by atoms with Crippen LogP contribution in [0.15, 0.2) is 0 Å². The average molecular weight is 320 g/mol. The number of rotatable bonds is 8. The molecule has 1 aliphatic heterocycles. The Morgan fingerprint density at radius 3 is 2.37 bits per heavy atom. The third-order valence-electron chi connectivity index (χ3n) is 2.57. The Balaban J connectivity index is 2.61. The largest absolute Gasteiger partial charge is 0.325 e. The predicted molar refractivity (Wildman–Crippen MR) is 65.0 cm³/mol. The molecule has 0 amide bonds. The molecule has 0 aliphatic carbocycles. The zero-order chi connectivity index (χ0) is 14.7. The highest BCUT2D eigenvalue weighted by atomic mass is 32.2. The first-order valence-corrected chi connectivity index (χ1v) is 8.67. The minimum atomic E-state index is -4.57. The second-order valence-corrected chi connectivity index (χ2v) is 7.67. The van der Waals surface area contributed by atoms with E-state index in [1.54, 1.807) is 0 Å². The van der Waals surface area contributed by atoms with Gasteiger partial charge >= 0.3 is 0 Å². The maximum atomic E-state index is 12.0. The van der Waals surface area contributed by atoms with Gasteiger partial charge in [0.2, 0.25) is 0 Å². The van der Waals surface area contributed by atoms with Crippen LogP contribution in [0.5, 0.6) is 0 Å². The van der Waals surface area contributed by atoms with E-state index in [0.29, 0.717) is 0 Å². The van der Waals surface area contributed by atoms with Gasteiger partial charge in [-0.3, -0.25) is 8.94 Å². The van der Waals surface area contributed by atoms with Crippen LogP contribution >= 0.6 is 0 Å². The van der Waals surface area contributed by atoms with Crippen molar-refractivity contribution >= 4 is 20.2 Å². The lowest BCUT2D eigenvalue weighted by atomic mass is 10.2. The molecular formula is C8H17FN2O6S2. The zero-order valence-electron chi connectivity index (χ0n) is 10.1. The number of alkyl halides is 1. The van der Waals surface area contributed by atoms with E-state index in [0.717, 1.165) is 5.06 Å². The van der Waals surface area contributed by atoms with Crippen LogP contribution in [-0.2, 0) is 24.5 Å². The molecule has 1 fully saturated rings. The lowest BCUT2D eigenvalue weighted by Gasteiger charge is -2.34. The number of hydrogen-bond acceptors (Lipinski definition) is 7. The molecule has 0 radical (unpaired) electrons. The van der Waals surface area contributed by atoms with Crippen molar-refractivity contribution in [2.75, 3.05) is 25.5 Å². The molecule has 1 unspecified atom stereocenters. The van der Waals surface area contributed by atoms with E-state index in [1.807, 2.05) is 0 Å². The van der Waals surface area contributed by atoms with Crippen molar-refractivity contribution < 1.29 is 30.1 Å². The molecule has 8 nitrogen and oxygen atoms in total. The highest BCUT2D eigenvalue weighted by molar-refractivity contribution is 7.90. The van der Waals surface area contributed by atoms with E-state index in [1.165, 1.54) is 0 Å². The summed E-state index contributed by atoms with van der Waals surface area (Å²) < 4.78 is 70.7. The third-order valence-corrected chi connectivity index (χ3v) is 5.27. The van der Waals surface area contributed by atoms with Gasteiger partial charge in [-0.15, -0.1) is 0 Å². The van der Waals surface area contributed by atoms with Gasteiger partial charge in [-0.1, -0.05) is 0 Å². The lowest BCUT2D eigenvalue weighted by Crippen LogP contribution is -2.56. The first kappa shape index (κ1) is 16.7. The van der Waals surface area contributed by atoms with Crippen molar-refractivity contribution in [3.63, 3.8) is 0 Å². The Hall–Kier alpha value is -0.330. The van der Waals surface area contributed by atoms with Crippen LogP contribution in [0.3, 0.4) is 0 Å². The average Bonchev–Trinajstić information content (AvgIpc) is 2.20. The molecular weight excluding hydrogens is 303 g/mol. The van der Waals surface area contributed by atoms with Crippen LogP contribution in [0, 0.1) is 0 Å². The maximum absolute atomic E-state index is 12.0. The Labute approximate surface area is 111 Å². The fourth-order valence-electron chi connectivity index (χ4n) is 1.57. The number of nitrogens with two attached hydrogens (primary N) is 1. The van der Waals surface area contributed by atoms with Crippen molar-refractivity contribution in [2.24, 2.45) is 5.73 Å². The Kier molecular flexibility index (Phi) is 5.65. The Bertz CT molecular complexity index is 487. The van der Waals surface area contributed by atoms with E-state index in [9.17, 15) is 21.2 Å². The van der Waals surface area contributed by atoms with Gasteiger partial charge in [-0.25, -0.2) is 0 Å². The van der Waals surface area contributed by atoms with E-state index < -0.39 is 37.9 Å². The van der Waals surface area contributed by atoms with Crippen LogP contribution in [0.2, 0.25) is 0 Å². The Morgan fingerprint density at radius 2 is 1.95 bits per heavy atom. The number of halogens is 1. The fourth-order valence-corrected chi connectivity index (χ4v) is 4.35. The molecule has 1 heterocycles. The minimum Gasteiger partial charge on any atom is -0.325 e. The summed E-state index contributed by atoms with van der Waals surface area (Å²) in [4.78, 5) is 0. The lowest BCUT2D eigenvalue weighted by molar-refractivity contribution is -0.112. The van der Waals surface area contributed by atoms with Crippen LogP contribution < -0.4 is 5.73 Å². The number of hydrogen-bond donors (Lipinski definition) is 2. The van der Waals surface area contributed by atoms with Gasteiger partial charge < -0.3 is 5.73 Å². The highest BCUT2D eigenvalue weighted by Crippen LogP contribution is 2.15. The molecule has 0 bridgehead atoms. The summed E-state index contributed by atoms with van der Waals surface area (Å²) in [6.07, 6.45) is -0.452. The van der Waals surface area contributed by atoms with Crippen molar-refractivity contribution in [3.05, 3.63) is 0 Å². The Morgan fingerprint density at radius 1 is 1.37 bits per heavy atom. The maximum Gasteiger partial charge on any atom is 0.284 e. The first-order valence-electron chi connectivity index (χ1n) is 5.59. The molecule has 0 aromatic heterocycles. The van der Waals surface area contributed by atoms with Gasteiger partial charge in [-0.2, -0.15) is 26.2 Å². The SMILES string of the molecule is NC1CN(OS(=O)(=O)CC(CCCF)S(=O)(=O)O)C1. The van der Waals surface area contributed by atoms with Crippen LogP contribution in [0.1, 0.15) is 12.8 Å². The normalized spacial score (nSPS) is 20.2. The third kappa shape index (κ3) is 5.67.